The molecule has 4 aromatic rings. The summed E-state index contributed by atoms with van der Waals surface area (Å²) in [5, 5.41) is 3.69. The number of hydrogen-bond acceptors (Lipinski definition) is 6. The number of nitrogens with one attached hydrogen (secondary N) is 1. The quantitative estimate of drug-likeness (QED) is 0.478. The second-order valence-corrected chi connectivity index (χ2v) is 9.13. The molecule has 0 spiro atoms. The van der Waals surface area contributed by atoms with Gasteiger partial charge in [0, 0.05) is 36.5 Å². The molecule has 1 N–H and O–H groups in total. The molecule has 2 aromatic heterocycles. The number of aromatic nitrogens is 2. The van der Waals surface area contributed by atoms with Crippen molar-refractivity contribution < 1.29 is 9.21 Å². The SMILES string of the molecule is Cc1cccc(Cc2cnc(NC(=O)C3CCN(c4nc5ccccc5o4)CC3)s2)c1. The van der Waals surface area contributed by atoms with E-state index in [2.05, 4.69) is 51.4 Å². The number of anilines is 2. The summed E-state index contributed by atoms with van der Waals surface area (Å²) in [5.74, 6) is 0.0263. The molecule has 1 fully saturated rings. The van der Waals surface area contributed by atoms with Crippen molar-refractivity contribution in [1.82, 2.24) is 9.97 Å². The first-order valence-electron chi connectivity index (χ1n) is 10.6. The zero-order valence-electron chi connectivity index (χ0n) is 17.4. The number of oxazole rings is 1. The summed E-state index contributed by atoms with van der Waals surface area (Å²) in [6.45, 7) is 3.60. The van der Waals surface area contributed by atoms with Crippen LogP contribution in [0.1, 0.15) is 28.8 Å². The zero-order valence-corrected chi connectivity index (χ0v) is 18.2. The second-order valence-electron chi connectivity index (χ2n) is 8.01. The van der Waals surface area contributed by atoms with Crippen LogP contribution >= 0.6 is 11.3 Å². The molecule has 5 rings (SSSR count). The number of hydrogen-bond donors (Lipinski definition) is 1. The van der Waals surface area contributed by atoms with E-state index in [0.29, 0.717) is 11.1 Å². The third kappa shape index (κ3) is 4.46. The molecule has 0 unspecified atom stereocenters. The van der Waals surface area contributed by atoms with E-state index >= 15 is 0 Å². The van der Waals surface area contributed by atoms with Crippen LogP contribution in [0, 0.1) is 12.8 Å². The van der Waals surface area contributed by atoms with E-state index in [1.54, 1.807) is 11.3 Å². The van der Waals surface area contributed by atoms with Crippen LogP contribution in [0.25, 0.3) is 11.1 Å². The number of carbonyl (C=O) groups excluding carboxylic acids is 1. The van der Waals surface area contributed by atoms with Crippen molar-refractivity contribution in [1.29, 1.82) is 0 Å². The molecule has 31 heavy (non-hydrogen) atoms. The predicted molar refractivity (Wildman–Crippen MR) is 124 cm³/mol. The van der Waals surface area contributed by atoms with E-state index in [1.807, 2.05) is 30.5 Å². The van der Waals surface area contributed by atoms with Gasteiger partial charge in [-0.15, -0.1) is 11.3 Å². The third-order valence-corrected chi connectivity index (χ3v) is 6.58. The van der Waals surface area contributed by atoms with Gasteiger partial charge >= 0.3 is 0 Å². The summed E-state index contributed by atoms with van der Waals surface area (Å²) in [6, 6.07) is 16.9. The van der Waals surface area contributed by atoms with Gasteiger partial charge < -0.3 is 14.6 Å². The molecule has 1 saturated heterocycles. The van der Waals surface area contributed by atoms with E-state index in [4.69, 9.17) is 4.42 Å². The van der Waals surface area contributed by atoms with Crippen molar-refractivity contribution >= 4 is 39.5 Å². The van der Waals surface area contributed by atoms with Crippen molar-refractivity contribution in [2.45, 2.75) is 26.2 Å². The molecule has 1 amide bonds. The number of benzene rings is 2. The largest absolute Gasteiger partial charge is 0.423 e. The van der Waals surface area contributed by atoms with Crippen LogP contribution in [0.2, 0.25) is 0 Å². The predicted octanol–water partition coefficient (Wildman–Crippen LogP) is 5.04. The maximum atomic E-state index is 12.8. The Kier molecular flexibility index (Phi) is 5.42. The molecule has 1 aliphatic rings. The Bertz CT molecular complexity index is 1170. The summed E-state index contributed by atoms with van der Waals surface area (Å²) in [4.78, 5) is 25.0. The minimum atomic E-state index is -0.0234. The average Bonchev–Trinajstić information content (AvgIpc) is 3.40. The average molecular weight is 433 g/mol. The summed E-state index contributed by atoms with van der Waals surface area (Å²) < 4.78 is 5.86. The van der Waals surface area contributed by atoms with E-state index < -0.39 is 0 Å². The molecule has 7 heteroatoms. The van der Waals surface area contributed by atoms with Gasteiger partial charge in [-0.25, -0.2) is 4.98 Å². The first-order chi connectivity index (χ1) is 15.1. The minimum absolute atomic E-state index is 0.0234. The van der Waals surface area contributed by atoms with Crippen molar-refractivity contribution in [3.8, 4) is 0 Å². The van der Waals surface area contributed by atoms with Crippen LogP contribution in [-0.4, -0.2) is 29.0 Å². The number of fused-ring (bicyclic) bond motifs is 1. The van der Waals surface area contributed by atoms with Gasteiger partial charge in [0.25, 0.3) is 6.01 Å². The number of rotatable bonds is 5. The van der Waals surface area contributed by atoms with Gasteiger partial charge in [-0.1, -0.05) is 42.0 Å². The summed E-state index contributed by atoms with van der Waals surface area (Å²) >= 11 is 1.55. The molecular weight excluding hydrogens is 408 g/mol. The number of aryl methyl sites for hydroxylation is 1. The maximum absolute atomic E-state index is 12.8. The van der Waals surface area contributed by atoms with Crippen LogP contribution in [0.5, 0.6) is 0 Å². The second kappa shape index (κ2) is 8.51. The molecule has 2 aromatic carbocycles. The van der Waals surface area contributed by atoms with Crippen molar-refractivity contribution in [3.05, 3.63) is 70.7 Å². The fourth-order valence-electron chi connectivity index (χ4n) is 4.01. The molecule has 3 heterocycles. The molecule has 1 aliphatic heterocycles. The standard InChI is InChI=1S/C24H24N4O2S/c1-16-5-4-6-17(13-16)14-19-15-25-23(31-19)27-22(29)18-9-11-28(12-10-18)24-26-20-7-2-3-8-21(20)30-24/h2-8,13,15,18H,9-12,14H2,1H3,(H,25,27,29). The van der Waals surface area contributed by atoms with Gasteiger partial charge in [-0.05, 0) is 37.5 Å². The molecule has 0 aliphatic carbocycles. The Balaban J connectivity index is 1.16. The number of carbonyl (C=O) groups is 1. The Morgan fingerprint density at radius 1 is 1.19 bits per heavy atom. The Morgan fingerprint density at radius 2 is 2.03 bits per heavy atom. The molecular formula is C24H24N4O2S. The third-order valence-electron chi connectivity index (χ3n) is 5.66. The van der Waals surface area contributed by atoms with Gasteiger partial charge in [0.2, 0.25) is 5.91 Å². The van der Waals surface area contributed by atoms with E-state index in [9.17, 15) is 4.79 Å². The van der Waals surface area contributed by atoms with Crippen molar-refractivity contribution in [2.24, 2.45) is 5.92 Å². The molecule has 0 bridgehead atoms. The highest BCUT2D eigenvalue weighted by atomic mass is 32.1. The monoisotopic (exact) mass is 432 g/mol. The van der Waals surface area contributed by atoms with Gasteiger partial charge in [-0.2, -0.15) is 4.98 Å². The highest BCUT2D eigenvalue weighted by Gasteiger charge is 2.27. The summed E-state index contributed by atoms with van der Waals surface area (Å²) in [6.07, 6.45) is 4.23. The highest BCUT2D eigenvalue weighted by molar-refractivity contribution is 7.15. The Hall–Kier alpha value is -3.19. The Labute approximate surface area is 184 Å². The topological polar surface area (TPSA) is 71.3 Å². The molecule has 0 saturated carbocycles. The van der Waals surface area contributed by atoms with E-state index in [0.717, 1.165) is 48.3 Å². The normalized spacial score (nSPS) is 14.8. The van der Waals surface area contributed by atoms with Crippen LogP contribution < -0.4 is 10.2 Å². The molecule has 0 atom stereocenters. The highest BCUT2D eigenvalue weighted by Crippen LogP contribution is 2.28. The lowest BCUT2D eigenvalue weighted by atomic mass is 9.96. The number of thiazole rings is 1. The number of piperidine rings is 1. The van der Waals surface area contributed by atoms with Gasteiger partial charge in [0.15, 0.2) is 10.7 Å². The molecule has 6 nitrogen and oxygen atoms in total. The van der Waals surface area contributed by atoms with Crippen molar-refractivity contribution in [2.75, 3.05) is 23.3 Å². The van der Waals surface area contributed by atoms with Gasteiger partial charge in [0.05, 0.1) is 0 Å². The summed E-state index contributed by atoms with van der Waals surface area (Å²) in [5.41, 5.74) is 4.16. The van der Waals surface area contributed by atoms with Crippen LogP contribution in [0.4, 0.5) is 11.1 Å². The van der Waals surface area contributed by atoms with Crippen LogP contribution in [0.15, 0.2) is 59.1 Å². The first-order valence-corrected chi connectivity index (χ1v) is 11.4. The lowest BCUT2D eigenvalue weighted by Gasteiger charge is -2.29. The molecule has 0 radical (unpaired) electrons. The Morgan fingerprint density at radius 3 is 2.84 bits per heavy atom. The summed E-state index contributed by atoms with van der Waals surface area (Å²) in [7, 11) is 0. The number of para-hydroxylation sites is 2. The lowest BCUT2D eigenvalue weighted by molar-refractivity contribution is -0.120. The number of nitrogens with zero attached hydrogens (tertiary/aromatic N) is 3. The van der Waals surface area contributed by atoms with Gasteiger partial charge in [-0.3, -0.25) is 4.79 Å². The maximum Gasteiger partial charge on any atom is 0.298 e. The van der Waals surface area contributed by atoms with Gasteiger partial charge in [0.1, 0.15) is 5.52 Å². The van der Waals surface area contributed by atoms with E-state index in [1.165, 1.54) is 11.1 Å². The first kappa shape index (κ1) is 19.8. The lowest BCUT2D eigenvalue weighted by Crippen LogP contribution is -2.38. The minimum Gasteiger partial charge on any atom is -0.423 e. The van der Waals surface area contributed by atoms with E-state index in [-0.39, 0.29) is 11.8 Å². The molecule has 158 valence electrons. The fraction of sp³-hybridized carbons (Fsp3) is 0.292. The smallest absolute Gasteiger partial charge is 0.298 e. The zero-order chi connectivity index (χ0) is 21.2. The van der Waals surface area contributed by atoms with Crippen LogP contribution in [0.3, 0.4) is 0 Å². The van der Waals surface area contributed by atoms with Crippen molar-refractivity contribution in [3.63, 3.8) is 0 Å². The van der Waals surface area contributed by atoms with Crippen LogP contribution in [-0.2, 0) is 11.2 Å². The fourth-order valence-corrected chi connectivity index (χ4v) is 4.86. The number of amides is 1.